The third kappa shape index (κ3) is 4.05. The van der Waals surface area contributed by atoms with Crippen molar-refractivity contribution >= 4 is 18.2 Å². The van der Waals surface area contributed by atoms with Crippen LogP contribution in [0.4, 0.5) is 0 Å². The summed E-state index contributed by atoms with van der Waals surface area (Å²) in [6, 6.07) is 0. The Labute approximate surface area is 101 Å². The summed E-state index contributed by atoms with van der Waals surface area (Å²) in [5.41, 5.74) is 0. The molecule has 1 aliphatic rings. The average Bonchev–Trinajstić information content (AvgIpc) is 2.35. The van der Waals surface area contributed by atoms with Gasteiger partial charge in [-0.15, -0.1) is 0 Å². The summed E-state index contributed by atoms with van der Waals surface area (Å²) >= 11 is 0. The van der Waals surface area contributed by atoms with Gasteiger partial charge in [-0.3, -0.25) is 14.4 Å². The molecule has 0 bridgehead atoms. The molecule has 17 heavy (non-hydrogen) atoms. The molecule has 6 heteroatoms. The number of rotatable bonds is 4. The molecule has 0 aromatic heterocycles. The first kappa shape index (κ1) is 13.5. The van der Waals surface area contributed by atoms with Gasteiger partial charge in [-0.25, -0.2) is 0 Å². The molecule has 96 valence electrons. The van der Waals surface area contributed by atoms with Crippen molar-refractivity contribution in [2.24, 2.45) is 5.92 Å². The molecule has 6 nitrogen and oxygen atoms in total. The fraction of sp³-hybridized carbons (Fsp3) is 0.727. The first-order valence-corrected chi connectivity index (χ1v) is 5.79. The average molecular weight is 241 g/mol. The number of hydrogen-bond donors (Lipinski definition) is 1. The fourth-order valence-electron chi connectivity index (χ4n) is 1.56. The zero-order valence-corrected chi connectivity index (χ0v) is 10.3. The molecule has 0 unspecified atom stereocenters. The van der Waals surface area contributed by atoms with E-state index in [4.69, 9.17) is 0 Å². The molecular weight excluding hydrogens is 222 g/mol. The van der Waals surface area contributed by atoms with Crippen LogP contribution in [0.1, 0.15) is 13.8 Å². The van der Waals surface area contributed by atoms with Crippen LogP contribution in [0.3, 0.4) is 0 Å². The summed E-state index contributed by atoms with van der Waals surface area (Å²) in [4.78, 5) is 36.8. The minimum Gasteiger partial charge on any atom is -0.347 e. The normalized spacial score (nSPS) is 15.9. The van der Waals surface area contributed by atoms with Gasteiger partial charge in [0.25, 0.3) is 0 Å². The number of piperazine rings is 1. The third-order valence-electron chi connectivity index (χ3n) is 2.75. The van der Waals surface area contributed by atoms with Crippen LogP contribution < -0.4 is 5.32 Å². The second-order valence-electron chi connectivity index (χ2n) is 4.39. The summed E-state index contributed by atoms with van der Waals surface area (Å²) in [5, 5.41) is 2.59. The van der Waals surface area contributed by atoms with Crippen LogP contribution in [-0.2, 0) is 14.4 Å². The molecule has 0 aliphatic carbocycles. The highest BCUT2D eigenvalue weighted by molar-refractivity contribution is 5.85. The van der Waals surface area contributed by atoms with Crippen LogP contribution in [0.2, 0.25) is 0 Å². The fourth-order valence-corrected chi connectivity index (χ4v) is 1.56. The summed E-state index contributed by atoms with van der Waals surface area (Å²) in [7, 11) is 0. The Bertz CT molecular complexity index is 296. The molecular formula is C11H19N3O3. The van der Waals surface area contributed by atoms with Gasteiger partial charge < -0.3 is 15.1 Å². The summed E-state index contributed by atoms with van der Waals surface area (Å²) in [6.45, 7) is 5.80. The van der Waals surface area contributed by atoms with Crippen LogP contribution in [0, 0.1) is 5.92 Å². The summed E-state index contributed by atoms with van der Waals surface area (Å²) < 4.78 is 0. The predicted molar refractivity (Wildman–Crippen MR) is 62.1 cm³/mol. The Morgan fingerprint density at radius 3 is 2.29 bits per heavy atom. The minimum absolute atomic E-state index is 0.0398. The van der Waals surface area contributed by atoms with Gasteiger partial charge in [0.05, 0.1) is 6.54 Å². The van der Waals surface area contributed by atoms with E-state index in [9.17, 15) is 14.4 Å². The van der Waals surface area contributed by atoms with Crippen LogP contribution >= 0.6 is 0 Å². The second-order valence-corrected chi connectivity index (χ2v) is 4.39. The van der Waals surface area contributed by atoms with Crippen molar-refractivity contribution in [3.8, 4) is 0 Å². The number of nitrogens with one attached hydrogen (secondary N) is 1. The van der Waals surface area contributed by atoms with Crippen molar-refractivity contribution < 1.29 is 14.4 Å². The number of carbonyl (C=O) groups excluding carboxylic acids is 3. The van der Waals surface area contributed by atoms with Crippen molar-refractivity contribution in [2.45, 2.75) is 13.8 Å². The highest BCUT2D eigenvalue weighted by Crippen LogP contribution is 1.99. The smallest absolute Gasteiger partial charge is 0.242 e. The molecule has 1 heterocycles. The highest BCUT2D eigenvalue weighted by atomic mass is 16.2. The molecule has 0 spiro atoms. The molecule has 3 amide bonds. The molecule has 1 aliphatic heterocycles. The van der Waals surface area contributed by atoms with E-state index in [0.717, 1.165) is 6.41 Å². The van der Waals surface area contributed by atoms with Crippen molar-refractivity contribution in [1.29, 1.82) is 0 Å². The van der Waals surface area contributed by atoms with E-state index >= 15 is 0 Å². The second kappa shape index (κ2) is 6.22. The molecule has 1 N–H and O–H groups in total. The Balaban J connectivity index is 2.29. The summed E-state index contributed by atoms with van der Waals surface area (Å²) in [6.07, 6.45) is 0.794. The van der Waals surface area contributed by atoms with Crippen molar-refractivity contribution in [3.05, 3.63) is 0 Å². The lowest BCUT2D eigenvalue weighted by Crippen LogP contribution is -2.51. The summed E-state index contributed by atoms with van der Waals surface area (Å²) in [5.74, 6) is -0.330. The van der Waals surface area contributed by atoms with Gasteiger partial charge in [0.2, 0.25) is 18.2 Å². The monoisotopic (exact) mass is 241 g/mol. The van der Waals surface area contributed by atoms with E-state index in [1.165, 1.54) is 0 Å². The first-order valence-electron chi connectivity index (χ1n) is 5.79. The number of nitrogens with zero attached hydrogens (tertiary/aromatic N) is 2. The number of carbonyl (C=O) groups is 3. The zero-order valence-electron chi connectivity index (χ0n) is 10.3. The molecule has 0 aromatic carbocycles. The van der Waals surface area contributed by atoms with Crippen LogP contribution in [0.15, 0.2) is 0 Å². The van der Waals surface area contributed by atoms with E-state index in [1.54, 1.807) is 23.6 Å². The molecule has 1 fully saturated rings. The van der Waals surface area contributed by atoms with Gasteiger partial charge in [0.1, 0.15) is 0 Å². The van der Waals surface area contributed by atoms with Gasteiger partial charge in [0, 0.05) is 32.1 Å². The Hall–Kier alpha value is -1.59. The maximum Gasteiger partial charge on any atom is 0.242 e. The van der Waals surface area contributed by atoms with E-state index in [-0.39, 0.29) is 24.3 Å². The lowest BCUT2D eigenvalue weighted by atomic mass is 10.2. The van der Waals surface area contributed by atoms with Crippen LogP contribution in [0.25, 0.3) is 0 Å². The molecule has 1 rings (SSSR count). The minimum atomic E-state index is -0.120. The van der Waals surface area contributed by atoms with Gasteiger partial charge >= 0.3 is 0 Å². The van der Waals surface area contributed by atoms with E-state index in [2.05, 4.69) is 5.32 Å². The van der Waals surface area contributed by atoms with Crippen molar-refractivity contribution in [2.75, 3.05) is 32.7 Å². The third-order valence-corrected chi connectivity index (χ3v) is 2.75. The Kier molecular flexibility index (Phi) is 4.93. The predicted octanol–water partition coefficient (Wildman–Crippen LogP) is -0.941. The number of amides is 3. The van der Waals surface area contributed by atoms with E-state index < -0.39 is 0 Å². The lowest BCUT2D eigenvalue weighted by molar-refractivity contribution is -0.136. The van der Waals surface area contributed by atoms with Gasteiger partial charge in [-0.2, -0.15) is 0 Å². The Morgan fingerprint density at radius 1 is 1.24 bits per heavy atom. The molecule has 1 saturated heterocycles. The van der Waals surface area contributed by atoms with Gasteiger partial charge in [0.15, 0.2) is 0 Å². The molecule has 0 aromatic rings. The lowest BCUT2D eigenvalue weighted by Gasteiger charge is -2.32. The topological polar surface area (TPSA) is 69.7 Å². The maximum absolute atomic E-state index is 11.7. The SMILES string of the molecule is CC(C)C(=O)NCC(=O)N1CCN(C=O)CC1. The standard InChI is InChI=1S/C11H19N3O3/c1-9(2)11(17)12-7-10(16)14-5-3-13(8-15)4-6-14/h8-9H,3-7H2,1-2H3,(H,12,17). The van der Waals surface area contributed by atoms with Crippen molar-refractivity contribution in [3.63, 3.8) is 0 Å². The van der Waals surface area contributed by atoms with E-state index in [1.807, 2.05) is 0 Å². The van der Waals surface area contributed by atoms with Crippen LogP contribution in [-0.4, -0.2) is 60.7 Å². The van der Waals surface area contributed by atoms with Crippen LogP contribution in [0.5, 0.6) is 0 Å². The molecule has 0 radical (unpaired) electrons. The van der Waals surface area contributed by atoms with E-state index in [0.29, 0.717) is 26.2 Å². The largest absolute Gasteiger partial charge is 0.347 e. The highest BCUT2D eigenvalue weighted by Gasteiger charge is 2.20. The van der Waals surface area contributed by atoms with Gasteiger partial charge in [-0.1, -0.05) is 13.8 Å². The van der Waals surface area contributed by atoms with Gasteiger partial charge in [-0.05, 0) is 0 Å². The number of hydrogen-bond acceptors (Lipinski definition) is 3. The zero-order chi connectivity index (χ0) is 12.8. The van der Waals surface area contributed by atoms with Crippen molar-refractivity contribution in [1.82, 2.24) is 15.1 Å². The first-order chi connectivity index (χ1) is 8.04. The molecule has 0 saturated carbocycles. The Morgan fingerprint density at radius 2 is 1.82 bits per heavy atom. The maximum atomic E-state index is 11.7. The quantitative estimate of drug-likeness (QED) is 0.646. The molecule has 0 atom stereocenters.